The zero-order valence-electron chi connectivity index (χ0n) is 15.6. The van der Waals surface area contributed by atoms with Crippen molar-refractivity contribution < 1.29 is 14.6 Å². The molecule has 1 heterocycles. The third-order valence-electron chi connectivity index (χ3n) is 4.04. The first-order valence-corrected chi connectivity index (χ1v) is 9.78. The fourth-order valence-corrected chi connectivity index (χ4v) is 3.83. The Balaban J connectivity index is 0.00000300. The van der Waals surface area contributed by atoms with E-state index in [9.17, 15) is 9.90 Å². The van der Waals surface area contributed by atoms with E-state index in [4.69, 9.17) is 22.1 Å². The Labute approximate surface area is 184 Å². The summed E-state index contributed by atoms with van der Waals surface area (Å²) in [5.74, 6) is -0.548. The number of aliphatic hydroxyl groups excluding tert-OH is 1. The lowest BCUT2D eigenvalue weighted by atomic mass is 10.1. The molecule has 154 valence electrons. The van der Waals surface area contributed by atoms with Crippen molar-refractivity contribution in [1.29, 1.82) is 0 Å². The molecule has 0 spiro atoms. The number of hydrogen-bond acceptors (Lipinski definition) is 6. The van der Waals surface area contributed by atoms with Crippen LogP contribution in [0.2, 0.25) is 5.02 Å². The van der Waals surface area contributed by atoms with Crippen LogP contribution in [0.3, 0.4) is 0 Å². The maximum Gasteiger partial charge on any atom is 0.358 e. The fraction of sp³-hybridized carbons (Fsp3) is 0.200. The number of aromatic nitrogens is 2. The van der Waals surface area contributed by atoms with Crippen molar-refractivity contribution in [3.05, 3.63) is 70.9 Å². The minimum atomic E-state index is -0.548. The zero-order valence-corrected chi connectivity index (χ0v) is 18.0. The van der Waals surface area contributed by atoms with Gasteiger partial charge in [0.05, 0.1) is 19.4 Å². The lowest BCUT2D eigenvalue weighted by molar-refractivity contribution is 0.0592. The van der Waals surface area contributed by atoms with Gasteiger partial charge in [-0.05, 0) is 42.8 Å². The van der Waals surface area contributed by atoms with E-state index in [0.29, 0.717) is 10.6 Å². The van der Waals surface area contributed by atoms with Crippen molar-refractivity contribution in [2.45, 2.75) is 22.4 Å². The Bertz CT molecular complexity index is 950. The number of carbonyl (C=O) groups excluding carboxylic acids is 1. The molecule has 0 aliphatic heterocycles. The molecule has 0 bridgehead atoms. The van der Waals surface area contributed by atoms with Crippen molar-refractivity contribution in [1.82, 2.24) is 9.78 Å². The molecular formula is C20H21Cl2N3O3S. The Morgan fingerprint density at radius 2 is 1.90 bits per heavy atom. The zero-order chi connectivity index (χ0) is 20.1. The highest BCUT2D eigenvalue weighted by Gasteiger charge is 2.26. The van der Waals surface area contributed by atoms with Gasteiger partial charge < -0.3 is 15.6 Å². The van der Waals surface area contributed by atoms with Crippen LogP contribution in [-0.4, -0.2) is 40.6 Å². The van der Waals surface area contributed by atoms with Crippen LogP contribution in [0.15, 0.2) is 64.5 Å². The van der Waals surface area contributed by atoms with Crippen LogP contribution in [-0.2, 0) is 11.2 Å². The lowest BCUT2D eigenvalue weighted by Crippen LogP contribution is -2.27. The second-order valence-electron chi connectivity index (χ2n) is 6.07. The maximum atomic E-state index is 12.4. The van der Waals surface area contributed by atoms with Crippen molar-refractivity contribution in [2.75, 3.05) is 13.7 Å². The molecule has 0 radical (unpaired) electrons. The van der Waals surface area contributed by atoms with Crippen LogP contribution in [0.5, 0.6) is 0 Å². The van der Waals surface area contributed by atoms with E-state index in [2.05, 4.69) is 5.10 Å². The van der Waals surface area contributed by atoms with Gasteiger partial charge in [0, 0.05) is 21.5 Å². The van der Waals surface area contributed by atoms with E-state index in [0.717, 1.165) is 15.6 Å². The van der Waals surface area contributed by atoms with Crippen LogP contribution in [0, 0.1) is 0 Å². The molecular weight excluding hydrogens is 433 g/mol. The van der Waals surface area contributed by atoms with Gasteiger partial charge in [0.2, 0.25) is 0 Å². The van der Waals surface area contributed by atoms with Crippen molar-refractivity contribution in [2.24, 2.45) is 5.73 Å². The predicted octanol–water partition coefficient (Wildman–Crippen LogP) is 3.75. The molecule has 3 rings (SSSR count). The third kappa shape index (κ3) is 5.52. The molecule has 1 unspecified atom stereocenters. The first-order valence-electron chi connectivity index (χ1n) is 8.59. The maximum absolute atomic E-state index is 12.4. The minimum Gasteiger partial charge on any atom is -0.464 e. The summed E-state index contributed by atoms with van der Waals surface area (Å²) in [7, 11) is 1.31. The second-order valence-corrected chi connectivity index (χ2v) is 7.57. The van der Waals surface area contributed by atoms with Gasteiger partial charge in [-0.15, -0.1) is 12.4 Å². The van der Waals surface area contributed by atoms with Gasteiger partial charge >= 0.3 is 5.97 Å². The van der Waals surface area contributed by atoms with E-state index >= 15 is 0 Å². The van der Waals surface area contributed by atoms with Crippen LogP contribution < -0.4 is 5.73 Å². The molecule has 29 heavy (non-hydrogen) atoms. The predicted molar refractivity (Wildman–Crippen MR) is 116 cm³/mol. The first-order chi connectivity index (χ1) is 13.5. The summed E-state index contributed by atoms with van der Waals surface area (Å²) >= 11 is 7.44. The quantitative estimate of drug-likeness (QED) is 0.529. The van der Waals surface area contributed by atoms with Gasteiger partial charge in [0.25, 0.3) is 0 Å². The molecule has 0 saturated heterocycles. The van der Waals surface area contributed by atoms with E-state index in [-0.39, 0.29) is 31.1 Å². The Kier molecular flexibility index (Phi) is 8.55. The summed E-state index contributed by atoms with van der Waals surface area (Å²) in [5.41, 5.74) is 7.60. The van der Waals surface area contributed by atoms with Gasteiger partial charge in [0.15, 0.2) is 5.69 Å². The fourth-order valence-electron chi connectivity index (χ4n) is 2.67. The average molecular weight is 454 g/mol. The van der Waals surface area contributed by atoms with Gasteiger partial charge in [0.1, 0.15) is 5.03 Å². The first kappa shape index (κ1) is 23.3. The number of para-hydroxylation sites is 1. The molecule has 0 aliphatic carbocycles. The smallest absolute Gasteiger partial charge is 0.358 e. The van der Waals surface area contributed by atoms with Crippen LogP contribution in [0.25, 0.3) is 5.69 Å². The molecule has 0 aliphatic rings. The van der Waals surface area contributed by atoms with E-state index in [1.54, 1.807) is 16.8 Å². The molecule has 6 nitrogen and oxygen atoms in total. The van der Waals surface area contributed by atoms with E-state index in [1.165, 1.54) is 18.9 Å². The minimum absolute atomic E-state index is 0. The van der Waals surface area contributed by atoms with Gasteiger partial charge in [-0.25, -0.2) is 9.48 Å². The topological polar surface area (TPSA) is 90.4 Å². The molecule has 1 atom stereocenters. The van der Waals surface area contributed by atoms with E-state index < -0.39 is 12.0 Å². The third-order valence-corrected chi connectivity index (χ3v) is 5.42. The van der Waals surface area contributed by atoms with Crippen molar-refractivity contribution in [3.63, 3.8) is 0 Å². The monoisotopic (exact) mass is 453 g/mol. The summed E-state index contributed by atoms with van der Waals surface area (Å²) in [4.78, 5) is 13.3. The molecule has 3 aromatic rings. The van der Waals surface area contributed by atoms with Crippen LogP contribution in [0.4, 0.5) is 0 Å². The standard InChI is InChI=1S/C20H20ClN3O3S.ClH/c1-27-20(26)18-17(11-14(22)12-25)19(28-16-9-7-13(21)8-10-16)24(23-18)15-5-3-2-4-6-15;/h2-10,14,25H,11-12,22H2,1H3;1H. The number of rotatable bonds is 7. The Morgan fingerprint density at radius 3 is 2.48 bits per heavy atom. The van der Waals surface area contributed by atoms with Crippen LogP contribution in [0.1, 0.15) is 16.1 Å². The number of aliphatic hydroxyl groups is 1. The SMILES string of the molecule is COC(=O)c1nn(-c2ccccc2)c(Sc2ccc(Cl)cc2)c1CC(N)CO.Cl. The molecule has 3 N–H and O–H groups in total. The number of halogens is 2. The number of methoxy groups -OCH3 is 1. The number of ether oxygens (including phenoxy) is 1. The van der Waals surface area contributed by atoms with Crippen molar-refractivity contribution in [3.8, 4) is 5.69 Å². The number of esters is 1. The van der Waals surface area contributed by atoms with Gasteiger partial charge in [-0.3, -0.25) is 0 Å². The van der Waals surface area contributed by atoms with Gasteiger partial charge in [-0.1, -0.05) is 41.6 Å². The largest absolute Gasteiger partial charge is 0.464 e. The summed E-state index contributed by atoms with van der Waals surface area (Å²) < 4.78 is 6.62. The number of nitrogens with zero attached hydrogens (tertiary/aromatic N) is 2. The Hall–Kier alpha value is -2.03. The highest BCUT2D eigenvalue weighted by Crippen LogP contribution is 2.35. The van der Waals surface area contributed by atoms with Crippen LogP contribution >= 0.6 is 35.8 Å². The highest BCUT2D eigenvalue weighted by atomic mass is 35.5. The lowest BCUT2D eigenvalue weighted by Gasteiger charge is -2.12. The summed E-state index contributed by atoms with van der Waals surface area (Å²) in [6.45, 7) is -0.206. The second kappa shape index (κ2) is 10.7. The highest BCUT2D eigenvalue weighted by molar-refractivity contribution is 7.99. The summed E-state index contributed by atoms with van der Waals surface area (Å²) in [6.07, 6.45) is 0.281. The number of benzene rings is 2. The number of carbonyl (C=O) groups is 1. The molecule has 1 aromatic heterocycles. The average Bonchev–Trinajstić information content (AvgIpc) is 3.07. The molecule has 0 saturated carbocycles. The molecule has 9 heteroatoms. The summed E-state index contributed by atoms with van der Waals surface area (Å²) in [5, 5.41) is 15.3. The van der Waals surface area contributed by atoms with Gasteiger partial charge in [-0.2, -0.15) is 5.10 Å². The number of hydrogen-bond donors (Lipinski definition) is 2. The normalized spacial score (nSPS) is 11.6. The molecule has 0 fully saturated rings. The molecule has 0 amide bonds. The van der Waals surface area contributed by atoms with E-state index in [1.807, 2.05) is 42.5 Å². The Morgan fingerprint density at radius 1 is 1.24 bits per heavy atom. The molecule has 2 aromatic carbocycles. The summed E-state index contributed by atoms with van der Waals surface area (Å²) in [6, 6.07) is 16.3. The van der Waals surface area contributed by atoms with Crippen molar-refractivity contribution >= 4 is 41.7 Å². The number of nitrogens with two attached hydrogens (primary N) is 1.